The summed E-state index contributed by atoms with van der Waals surface area (Å²) < 4.78 is 5.10. The number of cyclic esters (lactones) is 1. The maximum Gasteiger partial charge on any atom is 0.338 e. The largest absolute Gasteiger partial charge is 0.457 e. The molecular formula is C23H26N4O4. The molecule has 2 aliphatic rings. The number of nitrogens with one attached hydrogen (secondary N) is 1. The van der Waals surface area contributed by atoms with Crippen molar-refractivity contribution >= 4 is 5.97 Å². The monoisotopic (exact) mass is 422 g/mol. The number of nitriles is 1. The van der Waals surface area contributed by atoms with Crippen molar-refractivity contribution in [2.24, 2.45) is 0 Å². The van der Waals surface area contributed by atoms with E-state index in [1.165, 1.54) is 6.20 Å². The maximum atomic E-state index is 11.7. The van der Waals surface area contributed by atoms with Gasteiger partial charge in [-0.1, -0.05) is 6.07 Å². The van der Waals surface area contributed by atoms with E-state index in [0.29, 0.717) is 29.9 Å². The molecule has 0 amide bonds. The number of hydrogen-bond donors (Lipinski definition) is 3. The molecule has 0 saturated carbocycles. The van der Waals surface area contributed by atoms with E-state index in [4.69, 9.17) is 10.00 Å². The van der Waals surface area contributed by atoms with Crippen LogP contribution in [0, 0.1) is 18.3 Å². The lowest BCUT2D eigenvalue weighted by Gasteiger charge is -2.22. The summed E-state index contributed by atoms with van der Waals surface area (Å²) in [6.07, 6.45) is 0.992. The van der Waals surface area contributed by atoms with Crippen molar-refractivity contribution in [2.45, 2.75) is 38.2 Å². The fourth-order valence-electron chi connectivity index (χ4n) is 4.29. The summed E-state index contributed by atoms with van der Waals surface area (Å²) in [6, 6.07) is 9.10. The minimum Gasteiger partial charge on any atom is -0.457 e. The van der Waals surface area contributed by atoms with E-state index in [-0.39, 0.29) is 18.6 Å². The first-order chi connectivity index (χ1) is 15.0. The van der Waals surface area contributed by atoms with Gasteiger partial charge in [-0.15, -0.1) is 0 Å². The van der Waals surface area contributed by atoms with Crippen LogP contribution in [0.5, 0.6) is 0 Å². The third-order valence-corrected chi connectivity index (χ3v) is 6.13. The summed E-state index contributed by atoms with van der Waals surface area (Å²) in [5, 5.41) is 33.3. The van der Waals surface area contributed by atoms with Crippen molar-refractivity contribution in [3.05, 3.63) is 64.0 Å². The van der Waals surface area contributed by atoms with Crippen LogP contribution in [0.25, 0.3) is 0 Å². The highest BCUT2D eigenvalue weighted by molar-refractivity contribution is 5.93. The quantitative estimate of drug-likeness (QED) is 0.573. The first-order valence-electron chi connectivity index (χ1n) is 10.4. The fraction of sp³-hybridized carbons (Fsp3) is 0.435. The molecule has 1 aromatic carbocycles. The second kappa shape index (κ2) is 9.12. The van der Waals surface area contributed by atoms with E-state index < -0.39 is 12.2 Å². The number of pyridine rings is 1. The predicted octanol–water partition coefficient (Wildman–Crippen LogP) is 1.36. The Labute approximate surface area is 181 Å². The summed E-state index contributed by atoms with van der Waals surface area (Å²) in [5.41, 5.74) is 4.21. The van der Waals surface area contributed by atoms with Crippen LogP contribution < -0.4 is 5.32 Å². The van der Waals surface area contributed by atoms with Gasteiger partial charge in [-0.3, -0.25) is 9.88 Å². The van der Waals surface area contributed by atoms with E-state index in [9.17, 15) is 15.0 Å². The number of hydrogen-bond acceptors (Lipinski definition) is 8. The molecule has 1 aromatic heterocycles. The van der Waals surface area contributed by atoms with Gasteiger partial charge in [-0.25, -0.2) is 4.79 Å². The molecule has 1 fully saturated rings. The number of nitrogens with zero attached hydrogens (tertiary/aromatic N) is 3. The van der Waals surface area contributed by atoms with E-state index in [0.717, 1.165) is 36.2 Å². The Bertz CT molecular complexity index is 1000. The van der Waals surface area contributed by atoms with Crippen LogP contribution in [-0.4, -0.2) is 58.3 Å². The van der Waals surface area contributed by atoms with Gasteiger partial charge in [0.05, 0.1) is 22.9 Å². The van der Waals surface area contributed by atoms with Gasteiger partial charge >= 0.3 is 5.97 Å². The van der Waals surface area contributed by atoms with Gasteiger partial charge in [-0.05, 0) is 49.2 Å². The zero-order chi connectivity index (χ0) is 22.0. The average Bonchev–Trinajstić information content (AvgIpc) is 3.39. The van der Waals surface area contributed by atoms with Gasteiger partial charge < -0.3 is 20.3 Å². The molecule has 162 valence electrons. The Hall–Kier alpha value is -2.83. The number of carbonyl (C=O) groups excluding carboxylic acids is 1. The third kappa shape index (κ3) is 4.60. The van der Waals surface area contributed by atoms with Gasteiger partial charge in [0.1, 0.15) is 18.8 Å². The number of rotatable bonds is 7. The first-order valence-corrected chi connectivity index (χ1v) is 10.4. The topological polar surface area (TPSA) is 119 Å². The maximum absolute atomic E-state index is 11.7. The number of aliphatic hydroxyl groups is 2. The lowest BCUT2D eigenvalue weighted by molar-refractivity contribution is 0.0535. The molecule has 0 aliphatic carbocycles. The van der Waals surface area contributed by atoms with Crippen molar-refractivity contribution in [3.8, 4) is 6.07 Å². The molecule has 0 spiro atoms. The normalized spacial score (nSPS) is 20.2. The summed E-state index contributed by atoms with van der Waals surface area (Å²) in [4.78, 5) is 18.0. The fourth-order valence-corrected chi connectivity index (χ4v) is 4.29. The standard InChI is InChI=1S/C23H26N4O4/c1-14-17(3-4-18-19(14)13-31-23(18)30)22(29)12-27-7-6-16(11-27)25-10-21(28)20-5-2-15(8-24)9-26-20/h2-5,9,16,21-22,25,28-29H,6-7,10-13H2,1H3/t16-,21?,22-/m1/s1. The van der Waals surface area contributed by atoms with Crippen LogP contribution >= 0.6 is 0 Å². The van der Waals surface area contributed by atoms with Crippen molar-refractivity contribution in [2.75, 3.05) is 26.2 Å². The molecular weight excluding hydrogens is 396 g/mol. The lowest BCUT2D eigenvalue weighted by atomic mass is 9.95. The smallest absolute Gasteiger partial charge is 0.338 e. The summed E-state index contributed by atoms with van der Waals surface area (Å²) >= 11 is 0. The van der Waals surface area contributed by atoms with Gasteiger partial charge in [0, 0.05) is 37.4 Å². The SMILES string of the molecule is Cc1c([C@H](O)CN2CC[C@@H](NCC(O)c3ccc(C#N)cn3)C2)ccc2c1COC2=O. The number of benzene rings is 1. The van der Waals surface area contributed by atoms with Crippen LogP contribution in [0.2, 0.25) is 0 Å². The predicted molar refractivity (Wildman–Crippen MR) is 112 cm³/mol. The molecule has 2 aliphatic heterocycles. The minimum absolute atomic E-state index is 0.215. The zero-order valence-corrected chi connectivity index (χ0v) is 17.4. The molecule has 1 saturated heterocycles. The first kappa shape index (κ1) is 21.4. The number of esters is 1. The Morgan fingerprint density at radius 3 is 2.90 bits per heavy atom. The van der Waals surface area contributed by atoms with Crippen molar-refractivity contribution in [1.29, 1.82) is 5.26 Å². The van der Waals surface area contributed by atoms with E-state index in [1.807, 2.05) is 19.1 Å². The second-order valence-electron chi connectivity index (χ2n) is 8.15. The molecule has 31 heavy (non-hydrogen) atoms. The highest BCUT2D eigenvalue weighted by Crippen LogP contribution is 2.29. The molecule has 0 bridgehead atoms. The van der Waals surface area contributed by atoms with E-state index in [1.54, 1.807) is 18.2 Å². The van der Waals surface area contributed by atoms with Crippen molar-refractivity contribution < 1.29 is 19.7 Å². The van der Waals surface area contributed by atoms with Gasteiger partial charge in [0.2, 0.25) is 0 Å². The summed E-state index contributed by atoms with van der Waals surface area (Å²) in [7, 11) is 0. The average molecular weight is 422 g/mol. The Morgan fingerprint density at radius 1 is 1.32 bits per heavy atom. The number of aromatic nitrogens is 1. The zero-order valence-electron chi connectivity index (χ0n) is 17.4. The highest BCUT2D eigenvalue weighted by atomic mass is 16.5. The van der Waals surface area contributed by atoms with E-state index >= 15 is 0 Å². The summed E-state index contributed by atoms with van der Waals surface area (Å²) in [6.45, 7) is 4.70. The van der Waals surface area contributed by atoms with Crippen molar-refractivity contribution in [1.82, 2.24) is 15.2 Å². The van der Waals surface area contributed by atoms with Gasteiger partial charge in [0.25, 0.3) is 0 Å². The molecule has 8 nitrogen and oxygen atoms in total. The van der Waals surface area contributed by atoms with Gasteiger partial charge in [0.15, 0.2) is 0 Å². The molecule has 2 aromatic rings. The molecule has 4 rings (SSSR count). The van der Waals surface area contributed by atoms with Crippen LogP contribution in [0.4, 0.5) is 0 Å². The molecule has 1 unspecified atom stereocenters. The Balaban J connectivity index is 1.28. The second-order valence-corrected chi connectivity index (χ2v) is 8.15. The molecule has 3 N–H and O–H groups in total. The number of aliphatic hydroxyl groups excluding tert-OH is 2. The number of likely N-dealkylation sites (tertiary alicyclic amines) is 1. The van der Waals surface area contributed by atoms with Crippen LogP contribution in [-0.2, 0) is 11.3 Å². The lowest BCUT2D eigenvalue weighted by Crippen LogP contribution is -2.36. The van der Waals surface area contributed by atoms with Crippen LogP contribution in [0.3, 0.4) is 0 Å². The third-order valence-electron chi connectivity index (χ3n) is 6.13. The molecule has 3 heterocycles. The number of carbonyl (C=O) groups is 1. The highest BCUT2D eigenvalue weighted by Gasteiger charge is 2.28. The summed E-state index contributed by atoms with van der Waals surface area (Å²) in [5.74, 6) is -0.300. The van der Waals surface area contributed by atoms with Gasteiger partial charge in [-0.2, -0.15) is 5.26 Å². The van der Waals surface area contributed by atoms with Crippen LogP contribution in [0.1, 0.15) is 56.9 Å². The Kier molecular flexibility index (Phi) is 6.30. The molecule has 3 atom stereocenters. The molecule has 0 radical (unpaired) electrons. The number of ether oxygens (including phenoxy) is 1. The van der Waals surface area contributed by atoms with E-state index in [2.05, 4.69) is 15.2 Å². The Morgan fingerprint density at radius 2 is 2.16 bits per heavy atom. The number of fused-ring (bicyclic) bond motifs is 1. The minimum atomic E-state index is -0.744. The van der Waals surface area contributed by atoms with Crippen LogP contribution in [0.15, 0.2) is 30.5 Å². The van der Waals surface area contributed by atoms with Crippen molar-refractivity contribution in [3.63, 3.8) is 0 Å². The number of β-amino-alcohol motifs (C(OH)–C–C–N with tert-alkyl or cyclic N) is 1. The molecule has 8 heteroatoms.